The molecule has 0 amide bonds. The zero-order valence-electron chi connectivity index (χ0n) is 9.74. The van der Waals surface area contributed by atoms with Crippen LogP contribution >= 0.6 is 0 Å². The molecule has 8 heteroatoms. The molecule has 0 radical (unpaired) electrons. The third kappa shape index (κ3) is 1.63. The summed E-state index contributed by atoms with van der Waals surface area (Å²) in [5.74, 6) is -0.355. The van der Waals surface area contributed by atoms with Crippen LogP contribution in [-0.2, 0) is 0 Å². The van der Waals surface area contributed by atoms with Crippen molar-refractivity contribution in [3.63, 3.8) is 0 Å². The second-order valence-corrected chi connectivity index (χ2v) is 3.33. The van der Waals surface area contributed by atoms with Crippen LogP contribution in [0, 0.1) is 56.1 Å². The Labute approximate surface area is 129 Å². The normalized spacial score (nSPS) is 11.7. The van der Waals surface area contributed by atoms with E-state index >= 15 is 0 Å². The topological polar surface area (TPSA) is 148 Å². The van der Waals surface area contributed by atoms with Crippen molar-refractivity contribution < 1.29 is 29.6 Å². The maximum absolute atomic E-state index is 9.00. The van der Waals surface area contributed by atoms with E-state index in [1.807, 2.05) is 0 Å². The Hall–Kier alpha value is -2.55. The third-order valence-corrected chi connectivity index (χ3v) is 2.57. The monoisotopic (exact) mass is 255 g/mol. The van der Waals surface area contributed by atoms with Crippen LogP contribution < -0.4 is 35.0 Å². The average molecular weight is 255 g/mol. The zero-order chi connectivity index (χ0) is 13.4. The van der Waals surface area contributed by atoms with E-state index in [9.17, 15) is 0 Å². The Kier molecular flexibility index (Phi) is 3.80. The van der Waals surface area contributed by atoms with Gasteiger partial charge in [0.05, 0.1) is 11.6 Å². The van der Waals surface area contributed by atoms with Crippen molar-refractivity contribution in [1.82, 2.24) is 4.57 Å². The van der Waals surface area contributed by atoms with Crippen molar-refractivity contribution in [2.45, 2.75) is 0 Å². The summed E-state index contributed by atoms with van der Waals surface area (Å²) in [4.78, 5) is 0. The number of rotatable bonds is 0. The second kappa shape index (κ2) is 4.98. The standard InChI is InChI=1S/C11H2N7.Na/c12-1-5-7(3-14)10(16)18-9(5)6(2-13)8(4-15)11(18)17;/h16-17H;/q-1;+1. The first-order valence-corrected chi connectivity index (χ1v) is 4.57. The molecule has 2 rings (SSSR count). The summed E-state index contributed by atoms with van der Waals surface area (Å²) in [6.07, 6.45) is 0. The summed E-state index contributed by atoms with van der Waals surface area (Å²) in [7, 11) is 0. The van der Waals surface area contributed by atoms with Crippen LogP contribution in [0.15, 0.2) is 5.57 Å². The molecule has 1 aromatic heterocycles. The molecule has 0 saturated heterocycles. The minimum Gasteiger partial charge on any atom is -0.342 e. The number of nitrogens with one attached hydrogen (secondary N) is 2. The molecule has 0 saturated carbocycles. The van der Waals surface area contributed by atoms with Gasteiger partial charge < -0.3 is 4.57 Å². The molecule has 1 aromatic rings. The van der Waals surface area contributed by atoms with Crippen molar-refractivity contribution in [1.29, 1.82) is 31.9 Å². The number of nitriles is 4. The second-order valence-electron chi connectivity index (χ2n) is 3.33. The molecule has 0 fully saturated rings. The van der Waals surface area contributed by atoms with Crippen LogP contribution in [0.1, 0.15) is 16.8 Å². The van der Waals surface area contributed by atoms with Crippen LogP contribution in [0.2, 0.25) is 0 Å². The van der Waals surface area contributed by atoms with Crippen molar-refractivity contribution in [3.8, 4) is 24.3 Å². The number of allylic oxidation sites excluding steroid dienone is 2. The molecule has 2 N–H and O–H groups in total. The largest absolute Gasteiger partial charge is 1.00 e. The smallest absolute Gasteiger partial charge is 0.342 e. The summed E-state index contributed by atoms with van der Waals surface area (Å²) < 4.78 is 0.966. The molecule has 0 aromatic carbocycles. The molecule has 1 aliphatic heterocycles. The minimum atomic E-state index is -0.355. The fraction of sp³-hybridized carbons (Fsp3) is 0. The summed E-state index contributed by atoms with van der Waals surface area (Å²) in [6, 6.07) is 6.88. The maximum Gasteiger partial charge on any atom is 1.00 e. The number of nitrogens with zero attached hydrogens (tertiary/aromatic N) is 5. The van der Waals surface area contributed by atoms with E-state index < -0.39 is 0 Å². The Morgan fingerprint density at radius 2 is 1.53 bits per heavy atom. The predicted octanol–water partition coefficient (Wildman–Crippen LogP) is -2.93. The van der Waals surface area contributed by atoms with Gasteiger partial charge in [0.15, 0.2) is 0 Å². The van der Waals surface area contributed by atoms with E-state index in [0.29, 0.717) is 0 Å². The van der Waals surface area contributed by atoms with Gasteiger partial charge in [0.2, 0.25) is 0 Å². The van der Waals surface area contributed by atoms with E-state index in [0.717, 1.165) is 4.57 Å². The number of fused-ring (bicyclic) bond motifs is 1. The predicted molar refractivity (Wildman–Crippen MR) is 56.6 cm³/mol. The fourth-order valence-corrected chi connectivity index (χ4v) is 1.82. The quantitative estimate of drug-likeness (QED) is 0.377. The van der Waals surface area contributed by atoms with Crippen LogP contribution in [0.3, 0.4) is 0 Å². The molecule has 0 spiro atoms. The molecule has 7 nitrogen and oxygen atoms in total. The Morgan fingerprint density at radius 3 is 1.95 bits per heavy atom. The molecule has 2 heterocycles. The van der Waals surface area contributed by atoms with Crippen LogP contribution in [0.5, 0.6) is 0 Å². The minimum absolute atomic E-state index is 0. The molecular formula is C11H2N7Na. The van der Waals surface area contributed by atoms with E-state index in [1.54, 1.807) is 24.3 Å². The molecule has 0 aliphatic carbocycles. The van der Waals surface area contributed by atoms with Crippen LogP contribution in [0.25, 0.3) is 5.57 Å². The molecular weight excluding hydrogens is 253 g/mol. The van der Waals surface area contributed by atoms with Gasteiger partial charge in [0, 0.05) is 17.2 Å². The number of hydrogen-bond donors (Lipinski definition) is 2. The molecule has 82 valence electrons. The molecule has 1 aliphatic rings. The van der Waals surface area contributed by atoms with E-state index in [-0.39, 0.29) is 68.8 Å². The van der Waals surface area contributed by atoms with Gasteiger partial charge >= 0.3 is 29.6 Å². The van der Waals surface area contributed by atoms with Crippen molar-refractivity contribution in [3.05, 3.63) is 27.9 Å². The fourth-order valence-electron chi connectivity index (χ4n) is 1.82. The summed E-state index contributed by atoms with van der Waals surface area (Å²) >= 11 is 0. The van der Waals surface area contributed by atoms with Gasteiger partial charge in [-0.15, -0.1) is 0 Å². The van der Waals surface area contributed by atoms with Gasteiger partial charge in [-0.25, -0.2) is 5.26 Å². The van der Waals surface area contributed by atoms with Gasteiger partial charge in [0.25, 0.3) is 0 Å². The molecule has 0 unspecified atom stereocenters. The van der Waals surface area contributed by atoms with Gasteiger partial charge in [-0.3, -0.25) is 16.1 Å². The van der Waals surface area contributed by atoms with Gasteiger partial charge in [0.1, 0.15) is 17.5 Å². The van der Waals surface area contributed by atoms with Gasteiger partial charge in [-0.2, -0.15) is 10.5 Å². The zero-order valence-corrected chi connectivity index (χ0v) is 11.7. The molecule has 19 heavy (non-hydrogen) atoms. The van der Waals surface area contributed by atoms with E-state index in [2.05, 4.69) is 0 Å². The van der Waals surface area contributed by atoms with Crippen molar-refractivity contribution >= 4 is 11.4 Å². The van der Waals surface area contributed by atoms with Crippen LogP contribution in [0.4, 0.5) is 0 Å². The number of aromatic nitrogens is 1. The first-order valence-electron chi connectivity index (χ1n) is 4.57. The van der Waals surface area contributed by atoms with Crippen molar-refractivity contribution in [2.75, 3.05) is 0 Å². The van der Waals surface area contributed by atoms with E-state index in [1.165, 1.54) is 0 Å². The first kappa shape index (κ1) is 14.5. The van der Waals surface area contributed by atoms with Gasteiger partial charge in [-0.05, 0) is 5.69 Å². The van der Waals surface area contributed by atoms with Crippen LogP contribution in [-0.4, -0.2) is 10.4 Å². The summed E-state index contributed by atoms with van der Waals surface area (Å²) in [5.41, 5.74) is -1.04. The van der Waals surface area contributed by atoms with Crippen molar-refractivity contribution in [2.24, 2.45) is 0 Å². The van der Waals surface area contributed by atoms with E-state index in [4.69, 9.17) is 31.9 Å². The summed E-state index contributed by atoms with van der Waals surface area (Å²) in [5, 5.41) is 51.2. The first-order chi connectivity index (χ1) is 8.62. The Balaban J connectivity index is 0.00000180. The Bertz CT molecular complexity index is 852. The van der Waals surface area contributed by atoms with Gasteiger partial charge in [-0.1, -0.05) is 11.6 Å². The summed E-state index contributed by atoms with van der Waals surface area (Å²) in [6.45, 7) is 0. The maximum atomic E-state index is 9.00. The Morgan fingerprint density at radius 1 is 0.947 bits per heavy atom. The molecule has 0 bridgehead atoms. The third-order valence-electron chi connectivity index (χ3n) is 2.57. The molecule has 0 atom stereocenters. The SMILES string of the molecule is N#CC1=C(C#N)c2c(C#N)[c-](C#N)c(=N)n2C1=N.[Na+]. The number of hydrogen-bond acceptors (Lipinski definition) is 6. The average Bonchev–Trinajstić information content (AvgIpc) is 2.81.